The first-order valence-corrected chi connectivity index (χ1v) is 10.2. The number of ether oxygens (including phenoxy) is 1. The third kappa shape index (κ3) is 2.61. The van der Waals surface area contributed by atoms with Gasteiger partial charge in [0, 0.05) is 31.1 Å². The molecule has 4 rings (SSSR count). The summed E-state index contributed by atoms with van der Waals surface area (Å²) in [5.74, 6) is -0.316. The Morgan fingerprint density at radius 2 is 2.20 bits per heavy atom. The molecule has 2 saturated heterocycles. The summed E-state index contributed by atoms with van der Waals surface area (Å²) in [4.78, 5) is 17.8. The largest absolute Gasteiger partial charge is 0.475 e. The summed E-state index contributed by atoms with van der Waals surface area (Å²) in [6.07, 6.45) is 2.79. The maximum atomic E-state index is 13.6. The zero-order valence-electron chi connectivity index (χ0n) is 14.0. The first-order chi connectivity index (χ1) is 11.8. The summed E-state index contributed by atoms with van der Waals surface area (Å²) < 4.78 is 43.3. The number of amides is 1. The topological polar surface area (TPSA) is 76.6 Å². The molecule has 1 saturated carbocycles. The summed E-state index contributed by atoms with van der Waals surface area (Å²) in [7, 11) is -3.29. The van der Waals surface area contributed by atoms with Crippen LogP contribution in [0.1, 0.15) is 19.8 Å². The smallest absolute Gasteiger partial charge is 0.250 e. The fourth-order valence-corrected chi connectivity index (χ4v) is 6.42. The Hall–Kier alpha value is -1.70. The van der Waals surface area contributed by atoms with Crippen LogP contribution in [-0.2, 0) is 14.6 Å². The van der Waals surface area contributed by atoms with Crippen LogP contribution in [0, 0.1) is 23.6 Å². The van der Waals surface area contributed by atoms with Gasteiger partial charge in [0.1, 0.15) is 4.75 Å². The van der Waals surface area contributed by atoms with Gasteiger partial charge in [-0.15, -0.1) is 0 Å². The number of halogens is 1. The van der Waals surface area contributed by atoms with Gasteiger partial charge >= 0.3 is 0 Å². The minimum atomic E-state index is -3.29. The molecule has 1 spiro atoms. The summed E-state index contributed by atoms with van der Waals surface area (Å²) >= 11 is 0. The number of sulfone groups is 1. The highest BCUT2D eigenvalue weighted by atomic mass is 32.2. The summed E-state index contributed by atoms with van der Waals surface area (Å²) in [5.41, 5.74) is 0. The van der Waals surface area contributed by atoms with Crippen molar-refractivity contribution in [2.75, 3.05) is 25.4 Å². The molecular formula is C17H21FN2O4S. The number of hydrogen-bond donors (Lipinski definition) is 0. The predicted octanol–water partition coefficient (Wildman–Crippen LogP) is 1.27. The molecule has 1 aliphatic carbocycles. The van der Waals surface area contributed by atoms with Crippen LogP contribution in [0.15, 0.2) is 18.3 Å². The summed E-state index contributed by atoms with van der Waals surface area (Å²) in [5, 5.41) is 0. The van der Waals surface area contributed by atoms with E-state index in [-0.39, 0.29) is 49.1 Å². The molecule has 0 aromatic carbocycles. The van der Waals surface area contributed by atoms with Crippen LogP contribution in [-0.4, -0.2) is 54.4 Å². The molecule has 0 unspecified atom stereocenters. The molecule has 136 valence electrons. The van der Waals surface area contributed by atoms with Gasteiger partial charge in [-0.25, -0.2) is 17.8 Å². The van der Waals surface area contributed by atoms with Crippen molar-refractivity contribution in [3.63, 3.8) is 0 Å². The van der Waals surface area contributed by atoms with E-state index in [1.54, 1.807) is 4.90 Å². The lowest BCUT2D eigenvalue weighted by Gasteiger charge is -2.50. The third-order valence-corrected chi connectivity index (χ3v) is 8.50. The highest BCUT2D eigenvalue weighted by Gasteiger charge is 2.63. The average Bonchev–Trinajstić information content (AvgIpc) is 3.19. The maximum Gasteiger partial charge on any atom is 0.250 e. The van der Waals surface area contributed by atoms with Gasteiger partial charge in [0.05, 0.1) is 12.4 Å². The molecule has 0 bridgehead atoms. The molecule has 3 atom stereocenters. The van der Waals surface area contributed by atoms with Crippen LogP contribution in [0.25, 0.3) is 0 Å². The average molecular weight is 368 g/mol. The minimum Gasteiger partial charge on any atom is -0.475 e. The second-order valence-corrected chi connectivity index (χ2v) is 9.94. The van der Waals surface area contributed by atoms with Crippen molar-refractivity contribution >= 4 is 15.7 Å². The highest BCUT2D eigenvalue weighted by molar-refractivity contribution is 7.93. The van der Waals surface area contributed by atoms with E-state index < -0.39 is 20.4 Å². The first kappa shape index (κ1) is 16.8. The van der Waals surface area contributed by atoms with Gasteiger partial charge in [-0.2, -0.15) is 0 Å². The number of hydrogen-bond acceptors (Lipinski definition) is 5. The van der Waals surface area contributed by atoms with Crippen molar-refractivity contribution in [1.29, 1.82) is 0 Å². The van der Waals surface area contributed by atoms with Crippen molar-refractivity contribution in [1.82, 2.24) is 9.88 Å². The molecule has 1 aromatic heterocycles. The second-order valence-electron chi connectivity index (χ2n) is 7.48. The van der Waals surface area contributed by atoms with Crippen molar-refractivity contribution in [3.8, 4) is 5.88 Å². The number of carbonyl (C=O) groups is 1. The summed E-state index contributed by atoms with van der Waals surface area (Å²) in [6, 6.07) is 2.72. The van der Waals surface area contributed by atoms with E-state index in [0.29, 0.717) is 12.3 Å². The van der Waals surface area contributed by atoms with Crippen LogP contribution in [0.3, 0.4) is 0 Å². The van der Waals surface area contributed by atoms with Crippen LogP contribution < -0.4 is 4.74 Å². The number of carbonyl (C=O) groups excluding carboxylic acids is 1. The van der Waals surface area contributed by atoms with Gasteiger partial charge in [0.25, 0.3) is 0 Å². The predicted molar refractivity (Wildman–Crippen MR) is 88.2 cm³/mol. The van der Waals surface area contributed by atoms with Crippen LogP contribution in [0.2, 0.25) is 0 Å². The standard InChI is InChI=1S/C17H21FN2O4S/c1-11-7-13(11)16(21)20-9-17(10-20)12(4-6-25(17,22)23)8-24-15-14(18)3-2-5-19-15/h2-3,5,11-13H,4,6-10H2,1H3/t11-,12+,13-/m1/s1. The number of rotatable bonds is 4. The fourth-order valence-electron chi connectivity index (χ4n) is 4.02. The van der Waals surface area contributed by atoms with E-state index >= 15 is 0 Å². The van der Waals surface area contributed by atoms with E-state index in [4.69, 9.17) is 4.74 Å². The van der Waals surface area contributed by atoms with Crippen molar-refractivity contribution < 1.29 is 22.3 Å². The molecule has 3 fully saturated rings. The van der Waals surface area contributed by atoms with E-state index in [2.05, 4.69) is 4.98 Å². The number of aromatic nitrogens is 1. The zero-order valence-corrected chi connectivity index (χ0v) is 14.8. The Bertz CT molecular complexity index is 807. The molecule has 1 aromatic rings. The molecule has 3 heterocycles. The SMILES string of the molecule is C[C@@H]1C[C@H]1C(=O)N1CC2(C1)[C@H](COc1ncccc1F)CCS2(=O)=O. The van der Waals surface area contributed by atoms with Crippen LogP contribution >= 0.6 is 0 Å². The van der Waals surface area contributed by atoms with E-state index in [1.807, 2.05) is 6.92 Å². The number of nitrogens with zero attached hydrogens (tertiary/aromatic N) is 2. The Morgan fingerprint density at radius 3 is 2.84 bits per heavy atom. The number of pyridine rings is 1. The van der Waals surface area contributed by atoms with Gasteiger partial charge in [0.2, 0.25) is 11.8 Å². The quantitative estimate of drug-likeness (QED) is 0.800. The molecule has 0 radical (unpaired) electrons. The van der Waals surface area contributed by atoms with Gasteiger partial charge < -0.3 is 9.64 Å². The second kappa shape index (κ2) is 5.65. The molecule has 0 N–H and O–H groups in total. The van der Waals surface area contributed by atoms with Crippen molar-refractivity contribution in [2.45, 2.75) is 24.5 Å². The van der Waals surface area contributed by atoms with E-state index in [0.717, 1.165) is 6.42 Å². The van der Waals surface area contributed by atoms with Gasteiger partial charge in [-0.3, -0.25) is 4.79 Å². The van der Waals surface area contributed by atoms with Crippen LogP contribution in [0.4, 0.5) is 4.39 Å². The molecule has 25 heavy (non-hydrogen) atoms. The normalized spacial score (nSPS) is 31.6. The molecule has 2 aliphatic heterocycles. The van der Waals surface area contributed by atoms with Crippen molar-refractivity contribution in [3.05, 3.63) is 24.1 Å². The van der Waals surface area contributed by atoms with E-state index in [1.165, 1.54) is 18.3 Å². The molecular weight excluding hydrogens is 347 g/mol. The first-order valence-electron chi connectivity index (χ1n) is 8.58. The van der Waals surface area contributed by atoms with Crippen LogP contribution in [0.5, 0.6) is 5.88 Å². The number of likely N-dealkylation sites (tertiary alicyclic amines) is 1. The monoisotopic (exact) mass is 368 g/mol. The third-order valence-electron chi connectivity index (χ3n) is 5.90. The fraction of sp³-hybridized carbons (Fsp3) is 0.647. The molecule has 1 amide bonds. The van der Waals surface area contributed by atoms with Crippen molar-refractivity contribution in [2.24, 2.45) is 17.8 Å². The zero-order chi connectivity index (χ0) is 17.8. The maximum absolute atomic E-state index is 13.6. The Morgan fingerprint density at radius 1 is 1.48 bits per heavy atom. The Labute approximate surface area is 146 Å². The minimum absolute atomic E-state index is 0.0544. The lowest BCUT2D eigenvalue weighted by molar-refractivity contribution is -0.139. The van der Waals surface area contributed by atoms with E-state index in [9.17, 15) is 17.6 Å². The lowest BCUT2D eigenvalue weighted by Crippen LogP contribution is -2.69. The molecule has 3 aliphatic rings. The van der Waals surface area contributed by atoms with Gasteiger partial charge in [0.15, 0.2) is 15.7 Å². The molecule has 6 nitrogen and oxygen atoms in total. The van der Waals surface area contributed by atoms with Gasteiger partial charge in [-0.05, 0) is 30.9 Å². The Balaban J connectivity index is 1.46. The Kier molecular flexibility index (Phi) is 3.79. The summed E-state index contributed by atoms with van der Waals surface area (Å²) in [6.45, 7) is 2.59. The highest BCUT2D eigenvalue weighted by Crippen LogP contribution is 2.47. The molecule has 8 heteroatoms. The lowest BCUT2D eigenvalue weighted by atomic mass is 9.83. The van der Waals surface area contributed by atoms with Gasteiger partial charge in [-0.1, -0.05) is 6.92 Å².